The van der Waals surface area contributed by atoms with Crippen LogP contribution >= 0.6 is 23.2 Å². The zero-order chi connectivity index (χ0) is 21.4. The normalized spacial score (nSPS) is 15.0. The summed E-state index contributed by atoms with van der Waals surface area (Å²) in [6.07, 6.45) is 1.30. The molecule has 1 aliphatic heterocycles. The van der Waals surface area contributed by atoms with Gasteiger partial charge in [-0.1, -0.05) is 35.3 Å². The molecule has 150 valence electrons. The Labute approximate surface area is 179 Å². The first-order valence-electron chi connectivity index (χ1n) is 8.50. The highest BCUT2D eigenvalue weighted by Crippen LogP contribution is 2.30. The number of nitrogens with zero attached hydrogens (tertiary/aromatic N) is 2. The number of hydrogen-bond donors (Lipinski definition) is 1. The smallest absolute Gasteiger partial charge is 0.282 e. The van der Waals surface area contributed by atoms with Crippen LogP contribution in [0.5, 0.6) is 0 Å². The van der Waals surface area contributed by atoms with Crippen molar-refractivity contribution in [1.82, 2.24) is 5.43 Å². The van der Waals surface area contributed by atoms with E-state index in [9.17, 15) is 19.7 Å². The molecule has 8 nitrogen and oxygen atoms in total. The van der Waals surface area contributed by atoms with Crippen molar-refractivity contribution in [3.05, 3.63) is 86.1 Å². The molecule has 0 aliphatic carbocycles. The summed E-state index contributed by atoms with van der Waals surface area (Å²) in [7, 11) is 0. The van der Waals surface area contributed by atoms with Crippen molar-refractivity contribution in [1.29, 1.82) is 0 Å². The second-order valence-corrected chi connectivity index (χ2v) is 7.06. The number of benzene rings is 2. The van der Waals surface area contributed by atoms with Crippen LogP contribution in [-0.4, -0.2) is 16.7 Å². The summed E-state index contributed by atoms with van der Waals surface area (Å²) in [5, 5.41) is 12.6. The fourth-order valence-electron chi connectivity index (χ4n) is 2.86. The van der Waals surface area contributed by atoms with E-state index in [0.717, 1.165) is 5.01 Å². The lowest BCUT2D eigenvalue weighted by atomic mass is 10.1. The Bertz CT molecular complexity index is 1230. The Balaban J connectivity index is 1.62. The average Bonchev–Trinajstić information content (AvgIpc) is 3.30. The van der Waals surface area contributed by atoms with Crippen molar-refractivity contribution >= 4 is 52.5 Å². The number of halogens is 2. The molecule has 0 spiro atoms. The van der Waals surface area contributed by atoms with Gasteiger partial charge in [-0.25, -0.2) is 5.01 Å². The predicted molar refractivity (Wildman–Crippen MR) is 111 cm³/mol. The SMILES string of the molecule is O=C1NN(c2ccc(Cl)c(Cl)c2)C(=O)/C1=C\c1ccc(-c2cccc([N+](=O)[O-])c2)o1. The van der Waals surface area contributed by atoms with Crippen LogP contribution in [0.4, 0.5) is 11.4 Å². The number of non-ortho nitro benzene ring substituents is 1. The molecule has 10 heteroatoms. The fourth-order valence-corrected chi connectivity index (χ4v) is 3.16. The molecule has 0 atom stereocenters. The number of hydrazine groups is 1. The number of carbonyl (C=O) groups is 2. The van der Waals surface area contributed by atoms with Crippen LogP contribution in [0.3, 0.4) is 0 Å². The number of furan rings is 1. The van der Waals surface area contributed by atoms with E-state index in [0.29, 0.717) is 22.0 Å². The van der Waals surface area contributed by atoms with Gasteiger partial charge in [0.15, 0.2) is 0 Å². The number of hydrogen-bond acceptors (Lipinski definition) is 5. The van der Waals surface area contributed by atoms with Gasteiger partial charge in [-0.2, -0.15) is 0 Å². The summed E-state index contributed by atoms with van der Waals surface area (Å²) in [5.41, 5.74) is 3.08. The van der Waals surface area contributed by atoms with Crippen molar-refractivity contribution in [2.45, 2.75) is 0 Å². The van der Waals surface area contributed by atoms with Gasteiger partial charge in [0.1, 0.15) is 17.1 Å². The molecular formula is C20H11Cl2N3O5. The summed E-state index contributed by atoms with van der Waals surface area (Å²) in [6, 6.07) is 13.6. The molecule has 0 radical (unpaired) electrons. The lowest BCUT2D eigenvalue weighted by Crippen LogP contribution is -2.35. The molecule has 30 heavy (non-hydrogen) atoms. The van der Waals surface area contributed by atoms with Crippen molar-refractivity contribution in [2.24, 2.45) is 0 Å². The summed E-state index contributed by atoms with van der Waals surface area (Å²) >= 11 is 11.9. The maximum absolute atomic E-state index is 12.7. The summed E-state index contributed by atoms with van der Waals surface area (Å²) in [5.74, 6) is -0.602. The highest BCUT2D eigenvalue weighted by molar-refractivity contribution is 6.42. The van der Waals surface area contributed by atoms with Gasteiger partial charge in [0, 0.05) is 17.7 Å². The number of carbonyl (C=O) groups excluding carboxylic acids is 2. The van der Waals surface area contributed by atoms with E-state index in [1.54, 1.807) is 24.3 Å². The van der Waals surface area contributed by atoms with E-state index in [1.807, 2.05) is 0 Å². The monoisotopic (exact) mass is 443 g/mol. The van der Waals surface area contributed by atoms with E-state index in [-0.39, 0.29) is 22.0 Å². The second kappa shape index (κ2) is 7.66. The fraction of sp³-hybridized carbons (Fsp3) is 0. The maximum atomic E-state index is 12.7. The second-order valence-electron chi connectivity index (χ2n) is 6.25. The van der Waals surface area contributed by atoms with Crippen LogP contribution < -0.4 is 10.4 Å². The largest absolute Gasteiger partial charge is 0.457 e. The molecule has 1 fully saturated rings. The van der Waals surface area contributed by atoms with Crippen LogP contribution in [0.15, 0.2) is 64.6 Å². The molecule has 0 unspecified atom stereocenters. The van der Waals surface area contributed by atoms with Gasteiger partial charge in [-0.3, -0.25) is 25.1 Å². The minimum atomic E-state index is -0.612. The standard InChI is InChI=1S/C20H11Cl2N3O5/c21-16-6-4-12(9-17(16)22)24-20(27)15(19(26)23-24)10-14-5-7-18(30-14)11-2-1-3-13(8-11)25(28)29/h1-10H,(H,23,26)/b15-10-. The van der Waals surface area contributed by atoms with E-state index < -0.39 is 16.7 Å². The molecule has 1 aliphatic rings. The number of anilines is 1. The molecule has 4 rings (SSSR count). The summed E-state index contributed by atoms with van der Waals surface area (Å²) in [4.78, 5) is 35.4. The van der Waals surface area contributed by atoms with Crippen LogP contribution in [0.1, 0.15) is 5.76 Å². The van der Waals surface area contributed by atoms with Gasteiger partial charge in [0.2, 0.25) is 0 Å². The minimum Gasteiger partial charge on any atom is -0.457 e. The number of amides is 2. The lowest BCUT2D eigenvalue weighted by Gasteiger charge is -2.15. The van der Waals surface area contributed by atoms with Crippen molar-refractivity contribution in [3.63, 3.8) is 0 Å². The molecular weight excluding hydrogens is 433 g/mol. The van der Waals surface area contributed by atoms with Crippen LogP contribution in [0.25, 0.3) is 17.4 Å². The van der Waals surface area contributed by atoms with Gasteiger partial charge < -0.3 is 4.42 Å². The first-order valence-corrected chi connectivity index (χ1v) is 9.26. The molecule has 2 heterocycles. The topological polar surface area (TPSA) is 106 Å². The predicted octanol–water partition coefficient (Wildman–Crippen LogP) is 4.62. The van der Waals surface area contributed by atoms with Gasteiger partial charge in [-0.05, 0) is 36.4 Å². The molecule has 3 aromatic rings. The Hall–Kier alpha value is -3.62. The van der Waals surface area contributed by atoms with Crippen LogP contribution in [-0.2, 0) is 9.59 Å². The van der Waals surface area contributed by atoms with Gasteiger partial charge in [-0.15, -0.1) is 0 Å². The van der Waals surface area contributed by atoms with Crippen molar-refractivity contribution in [3.8, 4) is 11.3 Å². The van der Waals surface area contributed by atoms with E-state index in [2.05, 4.69) is 5.43 Å². The first kappa shape index (κ1) is 19.7. The average molecular weight is 444 g/mol. The molecule has 1 saturated heterocycles. The highest BCUT2D eigenvalue weighted by atomic mass is 35.5. The summed E-state index contributed by atoms with van der Waals surface area (Å²) in [6.45, 7) is 0. The van der Waals surface area contributed by atoms with Crippen LogP contribution in [0, 0.1) is 10.1 Å². The molecule has 2 amide bonds. The third-order valence-corrected chi connectivity index (χ3v) is 5.05. The molecule has 0 bridgehead atoms. The number of nitro groups is 1. The number of nitro benzene ring substituents is 1. The Morgan fingerprint density at radius 1 is 1.03 bits per heavy atom. The molecule has 1 N–H and O–H groups in total. The third kappa shape index (κ3) is 3.66. The van der Waals surface area contributed by atoms with Crippen LogP contribution in [0.2, 0.25) is 10.0 Å². The number of rotatable bonds is 4. The highest BCUT2D eigenvalue weighted by Gasteiger charge is 2.35. The molecule has 1 aromatic heterocycles. The van der Waals surface area contributed by atoms with Crippen molar-refractivity contribution < 1.29 is 18.9 Å². The third-order valence-electron chi connectivity index (χ3n) is 4.31. The zero-order valence-corrected chi connectivity index (χ0v) is 16.5. The lowest BCUT2D eigenvalue weighted by molar-refractivity contribution is -0.384. The summed E-state index contributed by atoms with van der Waals surface area (Å²) < 4.78 is 5.65. The van der Waals surface area contributed by atoms with E-state index in [1.165, 1.54) is 36.4 Å². The maximum Gasteiger partial charge on any atom is 0.282 e. The van der Waals surface area contributed by atoms with Gasteiger partial charge in [0.05, 0.1) is 20.7 Å². The van der Waals surface area contributed by atoms with Gasteiger partial charge >= 0.3 is 0 Å². The minimum absolute atomic E-state index is 0.0774. The molecule has 2 aromatic carbocycles. The van der Waals surface area contributed by atoms with E-state index >= 15 is 0 Å². The Morgan fingerprint density at radius 2 is 1.83 bits per heavy atom. The quantitative estimate of drug-likeness (QED) is 0.274. The Kier molecular flexibility index (Phi) is 5.03. The van der Waals surface area contributed by atoms with E-state index in [4.69, 9.17) is 27.6 Å². The molecule has 0 saturated carbocycles. The Morgan fingerprint density at radius 3 is 2.57 bits per heavy atom. The zero-order valence-electron chi connectivity index (χ0n) is 15.0. The van der Waals surface area contributed by atoms with Gasteiger partial charge in [0.25, 0.3) is 17.5 Å². The number of nitrogens with one attached hydrogen (secondary N) is 1. The first-order chi connectivity index (χ1) is 14.3. The van der Waals surface area contributed by atoms with Crippen molar-refractivity contribution in [2.75, 3.05) is 5.01 Å².